The van der Waals surface area contributed by atoms with E-state index < -0.39 is 41.5 Å². The number of hydrogen-bond donors (Lipinski definition) is 2. The van der Waals surface area contributed by atoms with E-state index in [-0.39, 0.29) is 5.69 Å². The number of urea groups is 1. The Labute approximate surface area is 119 Å². The van der Waals surface area contributed by atoms with Crippen molar-refractivity contribution in [1.82, 2.24) is 4.90 Å². The number of carbonyl (C=O) groups excluding carboxylic acids is 1. The molecule has 21 heavy (non-hydrogen) atoms. The molecule has 8 heteroatoms. The fourth-order valence-electron chi connectivity index (χ4n) is 1.57. The van der Waals surface area contributed by atoms with Crippen molar-refractivity contribution in [3.8, 4) is 0 Å². The van der Waals surface area contributed by atoms with Crippen LogP contribution in [-0.2, 0) is 4.79 Å². The highest BCUT2D eigenvalue weighted by Crippen LogP contribution is 2.20. The minimum atomic E-state index is -1.65. The molecule has 1 aromatic rings. The summed E-state index contributed by atoms with van der Waals surface area (Å²) in [5.41, 5.74) is -1.14. The maximum Gasteiger partial charge on any atom is 0.323 e. The van der Waals surface area contributed by atoms with E-state index in [2.05, 4.69) is 5.32 Å². The minimum Gasteiger partial charge on any atom is -0.480 e. The molecule has 0 fully saturated rings. The van der Waals surface area contributed by atoms with Gasteiger partial charge >= 0.3 is 12.0 Å². The van der Waals surface area contributed by atoms with Crippen LogP contribution < -0.4 is 5.32 Å². The van der Waals surface area contributed by atoms with Gasteiger partial charge in [0.05, 0.1) is 0 Å². The Bertz CT molecular complexity index is 547. The number of carboxylic acids is 1. The van der Waals surface area contributed by atoms with Gasteiger partial charge in [-0.15, -0.1) is 0 Å². The molecule has 2 amide bonds. The number of nitrogens with one attached hydrogen (secondary N) is 1. The van der Waals surface area contributed by atoms with Gasteiger partial charge in [0.2, 0.25) is 0 Å². The van der Waals surface area contributed by atoms with Crippen LogP contribution in [0.15, 0.2) is 12.1 Å². The summed E-state index contributed by atoms with van der Waals surface area (Å²) >= 11 is 0. The fourth-order valence-corrected chi connectivity index (χ4v) is 1.57. The molecule has 0 heterocycles. The van der Waals surface area contributed by atoms with Crippen LogP contribution in [0.3, 0.4) is 0 Å². The lowest BCUT2D eigenvalue weighted by Gasteiger charge is -2.34. The van der Waals surface area contributed by atoms with Gasteiger partial charge in [-0.2, -0.15) is 0 Å². The molecule has 116 valence electrons. The lowest BCUT2D eigenvalue weighted by atomic mass is 10.1. The average Bonchev–Trinajstić information content (AvgIpc) is 2.31. The number of carboxylic acid groups (broad SMARTS) is 1. The molecule has 0 spiro atoms. The maximum atomic E-state index is 13.1. The Hall–Kier alpha value is -2.25. The first-order valence-electron chi connectivity index (χ1n) is 5.97. The largest absolute Gasteiger partial charge is 0.480 e. The van der Waals surface area contributed by atoms with Gasteiger partial charge in [-0.1, -0.05) is 0 Å². The molecule has 0 saturated carbocycles. The zero-order valence-electron chi connectivity index (χ0n) is 11.7. The van der Waals surface area contributed by atoms with Crippen molar-refractivity contribution in [2.24, 2.45) is 0 Å². The molecule has 0 atom stereocenters. The third kappa shape index (κ3) is 4.37. The van der Waals surface area contributed by atoms with Crippen LogP contribution in [0.25, 0.3) is 0 Å². The number of hydrogen-bond acceptors (Lipinski definition) is 2. The number of nitrogens with zero attached hydrogens (tertiary/aromatic N) is 1. The molecule has 2 N–H and O–H groups in total. The van der Waals surface area contributed by atoms with Crippen molar-refractivity contribution in [1.29, 1.82) is 0 Å². The van der Waals surface area contributed by atoms with Crippen LogP contribution in [0.4, 0.5) is 23.7 Å². The van der Waals surface area contributed by atoms with Crippen LogP contribution >= 0.6 is 0 Å². The molecular weight excluding hydrogens is 289 g/mol. The molecule has 0 saturated heterocycles. The van der Waals surface area contributed by atoms with Gasteiger partial charge in [-0.3, -0.25) is 4.79 Å². The predicted octanol–water partition coefficient (Wildman–Crippen LogP) is 2.82. The third-order valence-corrected chi connectivity index (χ3v) is 2.58. The number of anilines is 1. The summed E-state index contributed by atoms with van der Waals surface area (Å²) in [5.74, 6) is -5.79. The first-order chi connectivity index (χ1) is 9.52. The van der Waals surface area contributed by atoms with E-state index >= 15 is 0 Å². The predicted molar refractivity (Wildman–Crippen MR) is 69.4 cm³/mol. The standard InChI is InChI=1S/C13H15F3N2O3/c1-13(2,3)18(6-10(19)20)12(21)17-7-4-8(14)11(16)9(15)5-7/h4-5H,6H2,1-3H3,(H,17,21)(H,19,20). The second kappa shape index (κ2) is 6.02. The van der Waals surface area contributed by atoms with Crippen LogP contribution in [-0.4, -0.2) is 34.1 Å². The van der Waals surface area contributed by atoms with Crippen molar-refractivity contribution < 1.29 is 27.9 Å². The molecule has 0 aliphatic rings. The Morgan fingerprint density at radius 1 is 1.19 bits per heavy atom. The fraction of sp³-hybridized carbons (Fsp3) is 0.385. The lowest BCUT2D eigenvalue weighted by molar-refractivity contribution is -0.138. The quantitative estimate of drug-likeness (QED) is 0.844. The highest BCUT2D eigenvalue weighted by atomic mass is 19.2. The van der Waals surface area contributed by atoms with E-state index in [0.29, 0.717) is 12.1 Å². The maximum absolute atomic E-state index is 13.1. The van der Waals surface area contributed by atoms with Gasteiger partial charge in [-0.25, -0.2) is 18.0 Å². The molecule has 1 rings (SSSR count). The van der Waals surface area contributed by atoms with Crippen LogP contribution in [0.2, 0.25) is 0 Å². The topological polar surface area (TPSA) is 69.6 Å². The molecule has 0 aliphatic heterocycles. The van der Waals surface area contributed by atoms with Gasteiger partial charge in [0.15, 0.2) is 17.5 Å². The molecule has 0 aliphatic carbocycles. The summed E-state index contributed by atoms with van der Waals surface area (Å²) in [4.78, 5) is 23.8. The van der Waals surface area contributed by atoms with Crippen LogP contribution in [0.5, 0.6) is 0 Å². The Balaban J connectivity index is 2.99. The van der Waals surface area contributed by atoms with Gasteiger partial charge in [-0.05, 0) is 20.8 Å². The van der Waals surface area contributed by atoms with E-state index in [0.717, 1.165) is 4.90 Å². The van der Waals surface area contributed by atoms with Crippen molar-refractivity contribution in [3.05, 3.63) is 29.6 Å². The third-order valence-electron chi connectivity index (χ3n) is 2.58. The monoisotopic (exact) mass is 304 g/mol. The molecular formula is C13H15F3N2O3. The normalized spacial score (nSPS) is 11.1. The van der Waals surface area contributed by atoms with E-state index in [1.54, 1.807) is 20.8 Å². The highest BCUT2D eigenvalue weighted by Gasteiger charge is 2.28. The number of halogens is 3. The Morgan fingerprint density at radius 2 is 1.67 bits per heavy atom. The Kier molecular flexibility index (Phi) is 4.82. The molecule has 1 aromatic carbocycles. The summed E-state index contributed by atoms with van der Waals surface area (Å²) in [6.45, 7) is 4.20. The summed E-state index contributed by atoms with van der Waals surface area (Å²) in [6.07, 6.45) is 0. The SMILES string of the molecule is CC(C)(C)N(CC(=O)O)C(=O)Nc1cc(F)c(F)c(F)c1. The minimum absolute atomic E-state index is 0.309. The Morgan fingerprint density at radius 3 is 2.05 bits per heavy atom. The van der Waals surface area contributed by atoms with Crippen LogP contribution in [0.1, 0.15) is 20.8 Å². The zero-order chi connectivity index (χ0) is 16.4. The van der Waals surface area contributed by atoms with E-state index in [1.165, 1.54) is 0 Å². The highest BCUT2D eigenvalue weighted by molar-refractivity contribution is 5.91. The van der Waals surface area contributed by atoms with E-state index in [9.17, 15) is 22.8 Å². The molecule has 0 radical (unpaired) electrons. The van der Waals surface area contributed by atoms with E-state index in [1.807, 2.05) is 0 Å². The average molecular weight is 304 g/mol. The van der Waals surface area contributed by atoms with E-state index in [4.69, 9.17) is 5.11 Å². The molecule has 0 aromatic heterocycles. The summed E-state index contributed by atoms with van der Waals surface area (Å²) in [5, 5.41) is 10.9. The first-order valence-corrected chi connectivity index (χ1v) is 5.97. The second-order valence-electron chi connectivity index (χ2n) is 5.33. The van der Waals surface area contributed by atoms with Crippen molar-refractivity contribution in [2.45, 2.75) is 26.3 Å². The number of benzene rings is 1. The van der Waals surface area contributed by atoms with Crippen LogP contribution in [0, 0.1) is 17.5 Å². The molecule has 0 unspecified atom stereocenters. The van der Waals surface area contributed by atoms with Crippen molar-refractivity contribution in [2.75, 3.05) is 11.9 Å². The van der Waals surface area contributed by atoms with Crippen molar-refractivity contribution in [3.63, 3.8) is 0 Å². The summed E-state index contributed by atoms with van der Waals surface area (Å²) in [6, 6.07) is 0.353. The zero-order valence-corrected chi connectivity index (χ0v) is 11.7. The summed E-state index contributed by atoms with van der Waals surface area (Å²) in [7, 11) is 0. The second-order valence-corrected chi connectivity index (χ2v) is 5.33. The number of carbonyl (C=O) groups is 2. The number of amides is 2. The smallest absolute Gasteiger partial charge is 0.323 e. The number of aliphatic carboxylic acids is 1. The number of rotatable bonds is 3. The van der Waals surface area contributed by atoms with Gasteiger partial charge in [0.25, 0.3) is 0 Å². The van der Waals surface area contributed by atoms with Gasteiger partial charge in [0.1, 0.15) is 6.54 Å². The molecule has 5 nitrogen and oxygen atoms in total. The van der Waals surface area contributed by atoms with Gasteiger partial charge in [0, 0.05) is 23.4 Å². The van der Waals surface area contributed by atoms with Gasteiger partial charge < -0.3 is 15.3 Å². The first kappa shape index (κ1) is 16.8. The molecule has 0 bridgehead atoms. The van der Waals surface area contributed by atoms with Crippen molar-refractivity contribution >= 4 is 17.7 Å². The summed E-state index contributed by atoms with van der Waals surface area (Å²) < 4.78 is 38.9. The lowest BCUT2D eigenvalue weighted by Crippen LogP contribution is -2.50.